The van der Waals surface area contributed by atoms with E-state index in [1.54, 1.807) is 20.3 Å². The van der Waals surface area contributed by atoms with Gasteiger partial charge in [-0.1, -0.05) is 15.9 Å². The molecule has 0 aromatic heterocycles. The van der Waals surface area contributed by atoms with E-state index in [2.05, 4.69) is 20.8 Å². The Bertz CT molecular complexity index is 534. The van der Waals surface area contributed by atoms with Crippen molar-refractivity contribution < 1.29 is 19.4 Å². The van der Waals surface area contributed by atoms with Gasteiger partial charge in [0.15, 0.2) is 0 Å². The quantitative estimate of drug-likeness (QED) is 0.821. The van der Waals surface area contributed by atoms with Crippen molar-refractivity contribution in [2.24, 2.45) is 0 Å². The zero-order chi connectivity index (χ0) is 15.4. The lowest BCUT2D eigenvalue weighted by Gasteiger charge is -2.20. The van der Waals surface area contributed by atoms with Crippen LogP contribution in [0.3, 0.4) is 0 Å². The molecular weight excluding hydrogens is 338 g/mol. The van der Waals surface area contributed by atoms with Crippen LogP contribution < -0.4 is 4.90 Å². The molecular formula is C15H18BrNO4. The highest BCUT2D eigenvalue weighted by Gasteiger charge is 2.33. The van der Waals surface area contributed by atoms with Crippen LogP contribution in [-0.2, 0) is 14.3 Å². The van der Waals surface area contributed by atoms with Gasteiger partial charge in [0.25, 0.3) is 0 Å². The van der Waals surface area contributed by atoms with Crippen molar-refractivity contribution in [2.45, 2.75) is 12.2 Å². The minimum absolute atomic E-state index is 0.00921. The molecule has 1 aromatic carbocycles. The van der Waals surface area contributed by atoms with Crippen LogP contribution in [0.5, 0.6) is 0 Å². The minimum Gasteiger partial charge on any atom is -0.478 e. The zero-order valence-electron chi connectivity index (χ0n) is 12.0. The van der Waals surface area contributed by atoms with Crippen LogP contribution in [0.15, 0.2) is 28.7 Å². The first-order chi connectivity index (χ1) is 10.0. The van der Waals surface area contributed by atoms with Crippen LogP contribution in [0.1, 0.15) is 5.56 Å². The zero-order valence-corrected chi connectivity index (χ0v) is 13.5. The monoisotopic (exact) mass is 355 g/mol. The molecule has 2 rings (SSSR count). The summed E-state index contributed by atoms with van der Waals surface area (Å²) in [6.07, 6.45) is 2.76. The lowest BCUT2D eigenvalue weighted by molar-refractivity contribution is -0.131. The molecule has 0 aliphatic carbocycles. The predicted molar refractivity (Wildman–Crippen MR) is 84.6 cm³/mol. The fraction of sp³-hybridized carbons (Fsp3) is 0.400. The second kappa shape index (κ2) is 7.06. The van der Waals surface area contributed by atoms with E-state index in [1.807, 2.05) is 18.2 Å². The summed E-state index contributed by atoms with van der Waals surface area (Å²) >= 11 is 3.41. The average Bonchev–Trinajstić information content (AvgIpc) is 2.88. The Labute approximate surface area is 132 Å². The standard InChI is InChI=1S/C15H18BrNO4/c1-20-13-8-17(9-14(13)21-2)12-5-4-11(16)7-10(12)3-6-15(18)19/h3-7,13-14H,8-9H2,1-2H3,(H,18,19)/b6-3+. The highest BCUT2D eigenvalue weighted by molar-refractivity contribution is 9.10. The summed E-state index contributed by atoms with van der Waals surface area (Å²) in [4.78, 5) is 12.9. The summed E-state index contributed by atoms with van der Waals surface area (Å²) in [7, 11) is 3.35. The number of aliphatic carboxylic acids is 1. The molecule has 5 nitrogen and oxygen atoms in total. The van der Waals surface area contributed by atoms with E-state index in [-0.39, 0.29) is 12.2 Å². The fourth-order valence-corrected chi connectivity index (χ4v) is 2.88. The Hall–Kier alpha value is -1.37. The SMILES string of the molecule is COC1CN(c2ccc(Br)cc2/C=C/C(=O)O)CC1OC. The number of hydrogen-bond acceptors (Lipinski definition) is 4. The first-order valence-corrected chi connectivity index (χ1v) is 7.35. The molecule has 1 aromatic rings. The molecule has 1 N–H and O–H groups in total. The van der Waals surface area contributed by atoms with E-state index in [0.29, 0.717) is 13.1 Å². The van der Waals surface area contributed by atoms with Crippen LogP contribution in [0.25, 0.3) is 6.08 Å². The third-order valence-electron chi connectivity index (χ3n) is 3.56. The average molecular weight is 356 g/mol. The molecule has 1 aliphatic heterocycles. The van der Waals surface area contributed by atoms with E-state index in [1.165, 1.54) is 0 Å². The third kappa shape index (κ3) is 3.84. The third-order valence-corrected chi connectivity index (χ3v) is 4.05. The Morgan fingerprint density at radius 1 is 1.33 bits per heavy atom. The number of methoxy groups -OCH3 is 2. The van der Waals surface area contributed by atoms with Crippen molar-refractivity contribution in [3.63, 3.8) is 0 Å². The van der Waals surface area contributed by atoms with Crippen LogP contribution in [0.4, 0.5) is 5.69 Å². The highest BCUT2D eigenvalue weighted by atomic mass is 79.9. The number of carboxylic acid groups (broad SMARTS) is 1. The minimum atomic E-state index is -0.966. The van der Waals surface area contributed by atoms with Crippen LogP contribution in [0.2, 0.25) is 0 Å². The Morgan fingerprint density at radius 3 is 2.48 bits per heavy atom. The number of ether oxygens (including phenoxy) is 2. The van der Waals surface area contributed by atoms with E-state index in [0.717, 1.165) is 21.8 Å². The number of nitrogens with zero attached hydrogens (tertiary/aromatic N) is 1. The maximum atomic E-state index is 10.7. The number of rotatable bonds is 5. The summed E-state index contributed by atoms with van der Waals surface area (Å²) in [6.45, 7) is 1.43. The second-order valence-corrected chi connectivity index (χ2v) is 5.74. The van der Waals surface area contributed by atoms with Gasteiger partial charge in [0, 0.05) is 43.5 Å². The normalized spacial score (nSPS) is 22.1. The molecule has 6 heteroatoms. The van der Waals surface area contributed by atoms with E-state index in [9.17, 15) is 4.79 Å². The smallest absolute Gasteiger partial charge is 0.328 e. The van der Waals surface area contributed by atoms with Crippen molar-refractivity contribution >= 4 is 33.7 Å². The molecule has 2 unspecified atom stereocenters. The number of hydrogen-bond donors (Lipinski definition) is 1. The summed E-state index contributed by atoms with van der Waals surface area (Å²) in [5.74, 6) is -0.966. The van der Waals surface area contributed by atoms with Crippen molar-refractivity contribution in [3.8, 4) is 0 Å². The number of halogens is 1. The topological polar surface area (TPSA) is 59.0 Å². The maximum Gasteiger partial charge on any atom is 0.328 e. The number of benzene rings is 1. The second-order valence-electron chi connectivity index (χ2n) is 4.83. The summed E-state index contributed by atoms with van der Waals surface area (Å²) in [6, 6.07) is 5.81. The van der Waals surface area contributed by atoms with Gasteiger partial charge in [0.2, 0.25) is 0 Å². The van der Waals surface area contributed by atoms with Crippen molar-refractivity contribution in [1.82, 2.24) is 0 Å². The maximum absolute atomic E-state index is 10.7. The molecule has 21 heavy (non-hydrogen) atoms. The number of anilines is 1. The molecule has 0 radical (unpaired) electrons. The summed E-state index contributed by atoms with van der Waals surface area (Å²) in [5.41, 5.74) is 1.82. The van der Waals surface area contributed by atoms with Crippen molar-refractivity contribution in [1.29, 1.82) is 0 Å². The lowest BCUT2D eigenvalue weighted by Crippen LogP contribution is -2.27. The van der Waals surface area contributed by atoms with Gasteiger partial charge in [-0.2, -0.15) is 0 Å². The summed E-state index contributed by atoms with van der Waals surface area (Å²) < 4.78 is 11.8. The van der Waals surface area contributed by atoms with Crippen LogP contribution >= 0.6 is 15.9 Å². The fourth-order valence-electron chi connectivity index (χ4n) is 2.50. The van der Waals surface area contributed by atoms with Gasteiger partial charge in [0.05, 0.1) is 0 Å². The molecule has 0 saturated carbocycles. The van der Waals surface area contributed by atoms with Crippen LogP contribution in [-0.4, -0.2) is 50.6 Å². The molecule has 0 amide bonds. The van der Waals surface area contributed by atoms with Crippen molar-refractivity contribution in [2.75, 3.05) is 32.2 Å². The molecule has 0 spiro atoms. The van der Waals surface area contributed by atoms with Gasteiger partial charge in [-0.25, -0.2) is 4.79 Å². The van der Waals surface area contributed by atoms with Crippen LogP contribution in [0, 0.1) is 0 Å². The van der Waals surface area contributed by atoms with Gasteiger partial charge in [-0.3, -0.25) is 0 Å². The molecule has 0 bridgehead atoms. The lowest BCUT2D eigenvalue weighted by atomic mass is 10.1. The number of carboxylic acids is 1. The Morgan fingerprint density at radius 2 is 1.95 bits per heavy atom. The van der Waals surface area contributed by atoms with E-state index >= 15 is 0 Å². The molecule has 2 atom stereocenters. The van der Waals surface area contributed by atoms with Gasteiger partial charge in [-0.05, 0) is 29.8 Å². The first-order valence-electron chi connectivity index (χ1n) is 6.56. The van der Waals surface area contributed by atoms with Gasteiger partial charge < -0.3 is 19.5 Å². The van der Waals surface area contributed by atoms with Gasteiger partial charge in [-0.15, -0.1) is 0 Å². The van der Waals surface area contributed by atoms with Crippen molar-refractivity contribution in [3.05, 3.63) is 34.3 Å². The van der Waals surface area contributed by atoms with Gasteiger partial charge >= 0.3 is 5.97 Å². The molecule has 1 heterocycles. The van der Waals surface area contributed by atoms with Gasteiger partial charge in [0.1, 0.15) is 12.2 Å². The summed E-state index contributed by atoms with van der Waals surface area (Å²) in [5, 5.41) is 8.81. The largest absolute Gasteiger partial charge is 0.478 e. The number of carbonyl (C=O) groups is 1. The van der Waals surface area contributed by atoms with E-state index in [4.69, 9.17) is 14.6 Å². The first kappa shape index (κ1) is 16.0. The Kier molecular flexibility index (Phi) is 5.39. The van der Waals surface area contributed by atoms with E-state index < -0.39 is 5.97 Å². The Balaban J connectivity index is 2.29. The predicted octanol–water partition coefficient (Wildman–Crippen LogP) is 2.40. The molecule has 1 fully saturated rings. The molecule has 114 valence electrons. The highest BCUT2D eigenvalue weighted by Crippen LogP contribution is 2.30. The molecule has 1 saturated heterocycles. The molecule has 1 aliphatic rings.